The largest absolute Gasteiger partial charge is 0.483 e. The number of halogens is 3. The second-order valence-electron chi connectivity index (χ2n) is 10.6. The van der Waals surface area contributed by atoms with Crippen LogP contribution in [0.4, 0.5) is 18.9 Å². The van der Waals surface area contributed by atoms with Gasteiger partial charge in [-0.2, -0.15) is 18.3 Å². The molecule has 2 atom stereocenters. The van der Waals surface area contributed by atoms with Gasteiger partial charge >= 0.3 is 6.18 Å². The number of rotatable bonds is 11. The van der Waals surface area contributed by atoms with E-state index >= 15 is 0 Å². The zero-order chi connectivity index (χ0) is 32.6. The SMILES string of the molecule is CCn1cc2c3c(cc(C(=O)N[C@@H](Cc4ccccc4)[C@H](O)CNCc4cnn(CC(F)(F)F)c4)cc31)N(C)SCC2.O=CO. The normalized spacial score (nSPS) is 14.3. The number of aliphatic hydroxyl groups is 1. The summed E-state index contributed by atoms with van der Waals surface area (Å²) in [5.74, 6) is 0.673. The van der Waals surface area contributed by atoms with Crippen molar-refractivity contribution in [1.82, 2.24) is 25.0 Å². The number of aryl methyl sites for hydroxylation is 2. The van der Waals surface area contributed by atoms with E-state index < -0.39 is 24.9 Å². The number of nitrogens with zero attached hydrogens (tertiary/aromatic N) is 4. The molecule has 0 spiro atoms. The minimum Gasteiger partial charge on any atom is -0.483 e. The topological polar surface area (TPSA) is 125 Å². The number of carboxylic acid groups (broad SMARTS) is 1. The van der Waals surface area contributed by atoms with E-state index in [1.807, 2.05) is 49.5 Å². The van der Waals surface area contributed by atoms with Gasteiger partial charge in [-0.25, -0.2) is 0 Å². The van der Waals surface area contributed by atoms with Gasteiger partial charge in [0.1, 0.15) is 6.54 Å². The lowest BCUT2D eigenvalue weighted by atomic mass is 10.00. The molecule has 45 heavy (non-hydrogen) atoms. The van der Waals surface area contributed by atoms with Crippen molar-refractivity contribution in [2.75, 3.05) is 23.7 Å². The van der Waals surface area contributed by atoms with Gasteiger partial charge in [0.25, 0.3) is 12.4 Å². The van der Waals surface area contributed by atoms with Crippen molar-refractivity contribution in [1.29, 1.82) is 0 Å². The van der Waals surface area contributed by atoms with Gasteiger partial charge in [-0.1, -0.05) is 30.3 Å². The van der Waals surface area contributed by atoms with Crippen LogP contribution in [0, 0.1) is 0 Å². The zero-order valence-corrected chi connectivity index (χ0v) is 25.8. The summed E-state index contributed by atoms with van der Waals surface area (Å²) in [6.45, 7) is 1.80. The summed E-state index contributed by atoms with van der Waals surface area (Å²) < 4.78 is 43.1. The summed E-state index contributed by atoms with van der Waals surface area (Å²) in [5.41, 5.74) is 5.32. The zero-order valence-electron chi connectivity index (χ0n) is 25.0. The van der Waals surface area contributed by atoms with E-state index in [0.717, 1.165) is 40.2 Å². The minimum atomic E-state index is -4.35. The van der Waals surface area contributed by atoms with E-state index in [-0.39, 0.29) is 25.5 Å². The molecule has 4 N–H and O–H groups in total. The fourth-order valence-corrected chi connectivity index (χ4v) is 6.23. The van der Waals surface area contributed by atoms with Gasteiger partial charge in [-0.3, -0.25) is 14.3 Å². The molecular formula is C31H37F3N6O4S. The van der Waals surface area contributed by atoms with E-state index in [4.69, 9.17) is 9.90 Å². The van der Waals surface area contributed by atoms with Crippen molar-refractivity contribution in [2.45, 2.75) is 57.7 Å². The molecule has 0 bridgehead atoms. The van der Waals surface area contributed by atoms with Crippen LogP contribution in [0.3, 0.4) is 0 Å². The average Bonchev–Trinajstić information content (AvgIpc) is 3.55. The first-order chi connectivity index (χ1) is 21.5. The van der Waals surface area contributed by atoms with Gasteiger partial charge in [-0.05, 0) is 55.0 Å². The molecule has 1 aliphatic rings. The Bertz CT molecular complexity index is 1580. The molecule has 0 unspecified atom stereocenters. The molecule has 3 heterocycles. The van der Waals surface area contributed by atoms with Crippen molar-refractivity contribution in [3.8, 4) is 0 Å². The van der Waals surface area contributed by atoms with E-state index in [2.05, 4.69) is 37.7 Å². The third-order valence-electron chi connectivity index (χ3n) is 7.43. The quantitative estimate of drug-likeness (QED) is 0.141. The number of nitrogens with one attached hydrogen (secondary N) is 2. The number of hydrogen-bond donors (Lipinski definition) is 4. The van der Waals surface area contributed by atoms with Crippen molar-refractivity contribution < 1.29 is 33.0 Å². The van der Waals surface area contributed by atoms with Crippen LogP contribution in [0.2, 0.25) is 0 Å². The van der Waals surface area contributed by atoms with E-state index in [9.17, 15) is 23.1 Å². The first kappa shape index (κ1) is 33.9. The molecule has 2 aromatic heterocycles. The highest BCUT2D eigenvalue weighted by Gasteiger charge is 2.29. The fraction of sp³-hybridized carbons (Fsp3) is 0.387. The van der Waals surface area contributed by atoms with Crippen molar-refractivity contribution in [3.63, 3.8) is 0 Å². The fourth-order valence-electron chi connectivity index (χ4n) is 5.36. The Hall–Kier alpha value is -4.01. The number of aromatic nitrogens is 3. The summed E-state index contributed by atoms with van der Waals surface area (Å²) in [6, 6.07) is 12.8. The molecule has 0 radical (unpaired) electrons. The number of carbonyl (C=O) groups is 2. The van der Waals surface area contributed by atoms with Crippen molar-refractivity contribution >= 4 is 40.9 Å². The molecule has 10 nitrogen and oxygen atoms in total. The second-order valence-corrected chi connectivity index (χ2v) is 11.9. The van der Waals surface area contributed by atoms with E-state index in [1.165, 1.54) is 23.3 Å². The standard InChI is InChI=1S/C30H35F3N6O2S.CH2O2/c1-3-38-18-22-9-10-42-37(2)25-12-23(13-26(38)28(22)25)29(41)36-24(11-20-7-5-4-6-8-20)27(40)16-34-14-21-15-35-39(17-21)19-30(31,32)33;2-1-3/h4-8,12-13,15,17-18,24,27,34,40H,3,9-11,14,16,19H2,1-2H3,(H,36,41);1H,(H,2,3)/t24-,27+;/m0./s1. The third-order valence-corrected chi connectivity index (χ3v) is 8.40. The number of carbonyl (C=O) groups excluding carboxylic acids is 1. The van der Waals surface area contributed by atoms with Gasteiger partial charge in [-0.15, -0.1) is 0 Å². The minimum absolute atomic E-state index is 0.119. The number of hydrogen-bond acceptors (Lipinski definition) is 7. The predicted octanol–water partition coefficient (Wildman–Crippen LogP) is 4.25. The molecule has 0 aliphatic carbocycles. The van der Waals surface area contributed by atoms with Crippen LogP contribution in [0.15, 0.2) is 61.1 Å². The Morgan fingerprint density at radius 1 is 1.18 bits per heavy atom. The Labute approximate surface area is 263 Å². The average molecular weight is 647 g/mol. The maximum atomic E-state index is 13.7. The van der Waals surface area contributed by atoms with Crippen LogP contribution >= 0.6 is 11.9 Å². The molecule has 0 saturated carbocycles. The van der Waals surface area contributed by atoms with Crippen LogP contribution in [0.25, 0.3) is 10.9 Å². The lowest BCUT2D eigenvalue weighted by molar-refractivity contribution is -0.142. The number of alkyl halides is 3. The Morgan fingerprint density at radius 3 is 2.60 bits per heavy atom. The van der Waals surface area contributed by atoms with Gasteiger partial charge in [0.2, 0.25) is 0 Å². The maximum Gasteiger partial charge on any atom is 0.408 e. The van der Waals surface area contributed by atoms with Crippen LogP contribution < -0.4 is 14.9 Å². The predicted molar refractivity (Wildman–Crippen MR) is 168 cm³/mol. The molecule has 2 aromatic carbocycles. The summed E-state index contributed by atoms with van der Waals surface area (Å²) >= 11 is 1.72. The summed E-state index contributed by atoms with van der Waals surface area (Å²) in [4.78, 5) is 22.1. The Kier molecular flexibility index (Phi) is 11.5. The molecule has 1 amide bonds. The molecule has 1 aliphatic heterocycles. The van der Waals surface area contributed by atoms with Gasteiger partial charge in [0.05, 0.1) is 29.5 Å². The smallest absolute Gasteiger partial charge is 0.408 e. The summed E-state index contributed by atoms with van der Waals surface area (Å²) in [5, 5.41) is 29.2. The van der Waals surface area contributed by atoms with Crippen molar-refractivity contribution in [2.24, 2.45) is 0 Å². The molecule has 0 saturated heterocycles. The molecular weight excluding hydrogens is 609 g/mol. The lowest BCUT2D eigenvalue weighted by Crippen LogP contribution is -2.48. The van der Waals surface area contributed by atoms with Crippen molar-refractivity contribution in [3.05, 3.63) is 83.3 Å². The highest BCUT2D eigenvalue weighted by molar-refractivity contribution is 8.00. The number of anilines is 1. The summed E-state index contributed by atoms with van der Waals surface area (Å²) in [6.07, 6.45) is 0.912. The molecule has 5 rings (SSSR count). The second kappa shape index (κ2) is 15.3. The maximum absolute atomic E-state index is 13.7. The first-order valence-electron chi connectivity index (χ1n) is 14.4. The Balaban J connectivity index is 0.00000148. The van der Waals surface area contributed by atoms with Crippen LogP contribution in [0.1, 0.15) is 34.0 Å². The van der Waals surface area contributed by atoms with E-state index in [1.54, 1.807) is 11.9 Å². The molecule has 0 fully saturated rings. The lowest BCUT2D eigenvalue weighted by Gasteiger charge is -2.25. The molecule has 4 aromatic rings. The third kappa shape index (κ3) is 9.02. The number of amides is 1. The monoisotopic (exact) mass is 646 g/mol. The van der Waals surface area contributed by atoms with E-state index in [0.29, 0.717) is 17.5 Å². The van der Waals surface area contributed by atoms with Crippen LogP contribution in [0.5, 0.6) is 0 Å². The first-order valence-corrected chi connectivity index (χ1v) is 15.4. The molecule has 14 heteroatoms. The highest BCUT2D eigenvalue weighted by atomic mass is 32.2. The highest BCUT2D eigenvalue weighted by Crippen LogP contribution is 2.38. The number of aliphatic hydroxyl groups excluding tert-OH is 1. The van der Waals surface area contributed by atoms with Gasteiger partial charge < -0.3 is 29.7 Å². The summed E-state index contributed by atoms with van der Waals surface area (Å²) in [7, 11) is 2.01. The Morgan fingerprint density at radius 2 is 1.91 bits per heavy atom. The van der Waals surface area contributed by atoms with Gasteiger partial charge in [0.15, 0.2) is 0 Å². The molecule has 242 valence electrons. The van der Waals surface area contributed by atoms with Crippen LogP contribution in [-0.4, -0.2) is 74.6 Å². The van der Waals surface area contributed by atoms with Crippen LogP contribution in [-0.2, 0) is 37.3 Å². The van der Waals surface area contributed by atoms with Gasteiger partial charge in [0, 0.05) is 61.3 Å². The number of benzene rings is 2.